The first-order valence-corrected chi connectivity index (χ1v) is 10.5. The number of anilines is 2. The first kappa shape index (κ1) is 20.3. The van der Waals surface area contributed by atoms with Crippen LogP contribution in [0.25, 0.3) is 0 Å². The number of benzene rings is 1. The summed E-state index contributed by atoms with van der Waals surface area (Å²) in [7, 11) is 0. The van der Waals surface area contributed by atoms with Crippen LogP contribution in [0.15, 0.2) is 55.0 Å². The molecular weight excluding hydrogens is 398 g/mol. The third-order valence-corrected chi connectivity index (χ3v) is 5.58. The number of hydrogen-bond donors (Lipinski definition) is 1. The minimum absolute atomic E-state index is 0.0454. The van der Waals surface area contributed by atoms with Gasteiger partial charge < -0.3 is 10.2 Å². The molecule has 4 rings (SSSR count). The number of amides is 1. The molecule has 1 amide bonds. The predicted molar refractivity (Wildman–Crippen MR) is 118 cm³/mol. The highest BCUT2D eigenvalue weighted by Gasteiger charge is 2.31. The second-order valence-electron chi connectivity index (χ2n) is 7.50. The highest BCUT2D eigenvalue weighted by atomic mass is 35.5. The zero-order valence-electron chi connectivity index (χ0n) is 16.9. The average molecular weight is 422 g/mol. The van der Waals surface area contributed by atoms with Gasteiger partial charge in [-0.1, -0.05) is 29.8 Å². The monoisotopic (exact) mass is 421 g/mol. The molecule has 0 bridgehead atoms. The van der Waals surface area contributed by atoms with Crippen LogP contribution in [0, 0.1) is 6.92 Å². The number of aryl methyl sites for hydroxylation is 2. The number of pyridine rings is 1. The smallest absolute Gasteiger partial charge is 0.223 e. The van der Waals surface area contributed by atoms with E-state index in [4.69, 9.17) is 16.6 Å². The molecule has 1 atom stereocenters. The number of hydrogen-bond acceptors (Lipinski definition) is 5. The van der Waals surface area contributed by atoms with Crippen LogP contribution in [0.3, 0.4) is 0 Å². The normalized spacial score (nSPS) is 15.9. The molecule has 1 fully saturated rings. The second kappa shape index (κ2) is 9.22. The van der Waals surface area contributed by atoms with Gasteiger partial charge in [-0.05, 0) is 55.5 Å². The first-order valence-electron chi connectivity index (χ1n) is 10.1. The molecule has 0 spiro atoms. The molecule has 1 N–H and O–H groups in total. The van der Waals surface area contributed by atoms with Crippen LogP contribution >= 0.6 is 11.6 Å². The Morgan fingerprint density at radius 1 is 1.27 bits per heavy atom. The molecule has 0 unspecified atom stereocenters. The SMILES string of the molecule is Cc1cccnc1Nc1cncc([C@@H]2CCCN2C(=O)CCc2cccc(Cl)c2)n1. The van der Waals surface area contributed by atoms with E-state index >= 15 is 0 Å². The number of aromatic nitrogens is 3. The zero-order chi connectivity index (χ0) is 20.9. The van der Waals surface area contributed by atoms with Crippen molar-refractivity contribution in [2.45, 2.75) is 38.6 Å². The van der Waals surface area contributed by atoms with Crippen LogP contribution in [0.2, 0.25) is 5.02 Å². The van der Waals surface area contributed by atoms with E-state index in [1.165, 1.54) is 0 Å². The van der Waals surface area contributed by atoms with Gasteiger partial charge in [-0.25, -0.2) is 9.97 Å². The van der Waals surface area contributed by atoms with Gasteiger partial charge in [-0.15, -0.1) is 0 Å². The summed E-state index contributed by atoms with van der Waals surface area (Å²) >= 11 is 6.05. The van der Waals surface area contributed by atoms with E-state index < -0.39 is 0 Å². The summed E-state index contributed by atoms with van der Waals surface area (Å²) in [5, 5.41) is 3.93. The summed E-state index contributed by atoms with van der Waals surface area (Å²) in [5.74, 6) is 1.52. The topological polar surface area (TPSA) is 71.0 Å². The molecule has 30 heavy (non-hydrogen) atoms. The van der Waals surface area contributed by atoms with Gasteiger partial charge in [0.1, 0.15) is 11.6 Å². The van der Waals surface area contributed by atoms with Crippen LogP contribution in [0.5, 0.6) is 0 Å². The van der Waals surface area contributed by atoms with Gasteiger partial charge in [0.25, 0.3) is 0 Å². The number of nitrogens with zero attached hydrogens (tertiary/aromatic N) is 4. The number of likely N-dealkylation sites (tertiary alicyclic amines) is 1. The molecule has 3 heterocycles. The molecule has 1 aromatic carbocycles. The maximum atomic E-state index is 12.9. The van der Waals surface area contributed by atoms with Crippen molar-refractivity contribution in [1.29, 1.82) is 0 Å². The quantitative estimate of drug-likeness (QED) is 0.614. The van der Waals surface area contributed by atoms with Crippen molar-refractivity contribution >= 4 is 29.1 Å². The maximum absolute atomic E-state index is 12.9. The van der Waals surface area contributed by atoms with Crippen molar-refractivity contribution in [2.75, 3.05) is 11.9 Å². The fourth-order valence-corrected chi connectivity index (χ4v) is 4.01. The van der Waals surface area contributed by atoms with Crippen molar-refractivity contribution in [2.24, 2.45) is 0 Å². The molecular formula is C23H24ClN5O. The van der Waals surface area contributed by atoms with E-state index in [2.05, 4.69) is 15.3 Å². The summed E-state index contributed by atoms with van der Waals surface area (Å²) in [5.41, 5.74) is 2.91. The van der Waals surface area contributed by atoms with E-state index in [0.717, 1.165) is 42.0 Å². The molecule has 3 aromatic rings. The molecule has 1 aliphatic heterocycles. The van der Waals surface area contributed by atoms with Gasteiger partial charge in [0.2, 0.25) is 5.91 Å². The number of rotatable bonds is 6. The lowest BCUT2D eigenvalue weighted by Gasteiger charge is -2.24. The minimum Gasteiger partial charge on any atom is -0.334 e. The Bertz CT molecular complexity index is 1040. The Hall–Kier alpha value is -2.99. The van der Waals surface area contributed by atoms with Crippen molar-refractivity contribution in [3.05, 3.63) is 76.8 Å². The first-order chi connectivity index (χ1) is 14.6. The molecule has 7 heteroatoms. The van der Waals surface area contributed by atoms with Gasteiger partial charge in [0.15, 0.2) is 0 Å². The van der Waals surface area contributed by atoms with Crippen molar-refractivity contribution in [3.63, 3.8) is 0 Å². The summed E-state index contributed by atoms with van der Waals surface area (Å²) in [6.07, 6.45) is 8.16. The average Bonchev–Trinajstić information content (AvgIpc) is 3.24. The highest BCUT2D eigenvalue weighted by Crippen LogP contribution is 2.32. The van der Waals surface area contributed by atoms with Crippen LogP contribution in [0.4, 0.5) is 11.6 Å². The molecule has 154 valence electrons. The van der Waals surface area contributed by atoms with Crippen molar-refractivity contribution in [3.8, 4) is 0 Å². The van der Waals surface area contributed by atoms with Gasteiger partial charge in [0.05, 0.1) is 24.1 Å². The minimum atomic E-state index is -0.0454. The van der Waals surface area contributed by atoms with Crippen LogP contribution in [-0.2, 0) is 11.2 Å². The predicted octanol–water partition coefficient (Wildman–Crippen LogP) is 4.87. The zero-order valence-corrected chi connectivity index (χ0v) is 17.6. The third kappa shape index (κ3) is 4.76. The molecule has 0 radical (unpaired) electrons. The number of nitrogens with one attached hydrogen (secondary N) is 1. The molecule has 1 aliphatic rings. The Morgan fingerprint density at radius 3 is 3.00 bits per heavy atom. The van der Waals surface area contributed by atoms with Crippen LogP contribution in [0.1, 0.15) is 42.1 Å². The Balaban J connectivity index is 1.45. The van der Waals surface area contributed by atoms with E-state index in [1.54, 1.807) is 18.6 Å². The van der Waals surface area contributed by atoms with Gasteiger partial charge in [0, 0.05) is 24.2 Å². The van der Waals surface area contributed by atoms with Gasteiger partial charge in [-0.2, -0.15) is 0 Å². The molecule has 0 aliphatic carbocycles. The van der Waals surface area contributed by atoms with Gasteiger partial charge >= 0.3 is 0 Å². The molecule has 6 nitrogen and oxygen atoms in total. The summed E-state index contributed by atoms with van der Waals surface area (Å²) in [6, 6.07) is 11.5. The second-order valence-corrected chi connectivity index (χ2v) is 7.93. The fraction of sp³-hybridized carbons (Fsp3) is 0.304. The Kier molecular flexibility index (Phi) is 6.23. The third-order valence-electron chi connectivity index (χ3n) is 5.34. The van der Waals surface area contributed by atoms with E-state index in [-0.39, 0.29) is 11.9 Å². The molecule has 1 saturated heterocycles. The lowest BCUT2D eigenvalue weighted by atomic mass is 10.1. The van der Waals surface area contributed by atoms with Crippen molar-refractivity contribution < 1.29 is 4.79 Å². The molecule has 2 aromatic heterocycles. The number of carbonyl (C=O) groups is 1. The largest absolute Gasteiger partial charge is 0.334 e. The fourth-order valence-electron chi connectivity index (χ4n) is 3.80. The number of carbonyl (C=O) groups excluding carboxylic acids is 1. The van der Waals surface area contributed by atoms with Crippen LogP contribution in [-0.4, -0.2) is 32.3 Å². The van der Waals surface area contributed by atoms with E-state index in [1.807, 2.05) is 48.2 Å². The Morgan fingerprint density at radius 2 is 2.17 bits per heavy atom. The molecule has 0 saturated carbocycles. The van der Waals surface area contributed by atoms with Crippen molar-refractivity contribution in [1.82, 2.24) is 19.9 Å². The van der Waals surface area contributed by atoms with Crippen LogP contribution < -0.4 is 5.32 Å². The van der Waals surface area contributed by atoms with E-state index in [9.17, 15) is 4.79 Å². The lowest BCUT2D eigenvalue weighted by molar-refractivity contribution is -0.132. The maximum Gasteiger partial charge on any atom is 0.223 e. The highest BCUT2D eigenvalue weighted by molar-refractivity contribution is 6.30. The standard InChI is InChI=1S/C23H24ClN5O/c1-16-5-3-11-26-23(16)28-21-15-25-14-19(27-21)20-8-4-12-29(20)22(30)10-9-17-6-2-7-18(24)13-17/h2-3,5-7,11,13-15,20H,4,8-10,12H2,1H3,(H,26,27,28)/t20-/m0/s1. The lowest BCUT2D eigenvalue weighted by Crippen LogP contribution is -2.31. The Labute approximate surface area is 181 Å². The van der Waals surface area contributed by atoms with E-state index in [0.29, 0.717) is 23.7 Å². The summed E-state index contributed by atoms with van der Waals surface area (Å²) in [4.78, 5) is 28.3. The summed E-state index contributed by atoms with van der Waals surface area (Å²) in [6.45, 7) is 2.74. The number of halogens is 1. The summed E-state index contributed by atoms with van der Waals surface area (Å²) < 4.78 is 0. The van der Waals surface area contributed by atoms with Gasteiger partial charge in [-0.3, -0.25) is 9.78 Å².